The monoisotopic (exact) mass is 283 g/mol. The Kier molecular flexibility index (Phi) is 3.25. The average Bonchev–Trinajstić information content (AvgIpc) is 2.95. The van der Waals surface area contributed by atoms with Gasteiger partial charge in [-0.05, 0) is 18.2 Å². The molecule has 0 fully saturated rings. The molecule has 0 aliphatic carbocycles. The Morgan fingerprint density at radius 3 is 2.95 bits per heavy atom. The number of benzene rings is 1. The Balaban J connectivity index is 2.10. The summed E-state index contributed by atoms with van der Waals surface area (Å²) in [7, 11) is 0. The lowest BCUT2D eigenvalue weighted by Crippen LogP contribution is -2.23. The second-order valence-corrected chi connectivity index (χ2v) is 4.41. The first kappa shape index (κ1) is 13.1. The van der Waals surface area contributed by atoms with Crippen molar-refractivity contribution < 1.29 is 9.32 Å². The number of anilines is 3. The number of nitrogens with zero attached hydrogens (tertiary/aromatic N) is 3. The number of carbonyl (C=O) groups is 1. The lowest BCUT2D eigenvalue weighted by atomic mass is 10.2. The maximum absolute atomic E-state index is 12.0. The van der Waals surface area contributed by atoms with Gasteiger partial charge in [-0.15, -0.1) is 0 Å². The summed E-state index contributed by atoms with van der Waals surface area (Å²) in [5, 5.41) is 15.3. The number of nitrogens with one attached hydrogen (secondary N) is 1. The van der Waals surface area contributed by atoms with Crippen molar-refractivity contribution in [3.05, 3.63) is 47.9 Å². The molecule has 0 bridgehead atoms. The molecule has 0 atom stereocenters. The summed E-state index contributed by atoms with van der Waals surface area (Å²) >= 11 is 0. The molecule has 2 aromatic heterocycles. The molecule has 3 aromatic rings. The molecule has 1 N–H and O–H groups in total. The minimum Gasteiger partial charge on any atom is -0.761 e. The summed E-state index contributed by atoms with van der Waals surface area (Å²) in [6.45, 7) is 1.42. The van der Waals surface area contributed by atoms with E-state index in [2.05, 4.69) is 10.1 Å². The third-order valence-corrected chi connectivity index (χ3v) is 3.01. The molecule has 0 saturated carbocycles. The zero-order valence-corrected chi connectivity index (χ0v) is 11.1. The highest BCUT2D eigenvalue weighted by atomic mass is 16.5. The number of rotatable bonds is 3. The number of hydrogen-bond acceptors (Lipinski definition) is 6. The second-order valence-electron chi connectivity index (χ2n) is 4.41. The van der Waals surface area contributed by atoms with E-state index >= 15 is 0 Å². The highest BCUT2D eigenvalue weighted by Gasteiger charge is 2.16. The van der Waals surface area contributed by atoms with E-state index < -0.39 is 0 Å². The van der Waals surface area contributed by atoms with Crippen LogP contribution in [-0.4, -0.2) is 16.0 Å². The van der Waals surface area contributed by atoms with E-state index in [0.717, 1.165) is 5.39 Å². The summed E-state index contributed by atoms with van der Waals surface area (Å²) in [6.07, 6.45) is 3.05. The van der Waals surface area contributed by atoms with Crippen molar-refractivity contribution in [1.29, 1.82) is 0 Å². The minimum atomic E-state index is -0.232. The van der Waals surface area contributed by atoms with Crippen LogP contribution in [-0.2, 0) is 4.79 Å². The van der Waals surface area contributed by atoms with Crippen LogP contribution in [0.2, 0.25) is 0 Å². The number of fused-ring (bicyclic) bond motifs is 1. The molecule has 0 spiro atoms. The van der Waals surface area contributed by atoms with Gasteiger partial charge in [-0.2, -0.15) is 0 Å². The minimum absolute atomic E-state index is 0.232. The quantitative estimate of drug-likeness (QED) is 0.743. The molecule has 0 aliphatic heterocycles. The van der Waals surface area contributed by atoms with Gasteiger partial charge in [-0.1, -0.05) is 5.16 Å². The van der Waals surface area contributed by atoms with Gasteiger partial charge < -0.3 is 15.2 Å². The molecule has 7 heteroatoms. The smallest absolute Gasteiger partial charge is 0.229 e. The lowest BCUT2D eigenvalue weighted by Gasteiger charge is -2.21. The van der Waals surface area contributed by atoms with Gasteiger partial charge in [0.2, 0.25) is 5.91 Å². The molecular formula is C14H11N4O3-. The maximum atomic E-state index is 12.0. The number of hydrogen-bond donors (Lipinski definition) is 1. The van der Waals surface area contributed by atoms with Crippen LogP contribution in [0.3, 0.4) is 0 Å². The molecule has 0 unspecified atom stereocenters. The van der Waals surface area contributed by atoms with E-state index in [1.807, 2.05) is 0 Å². The molecule has 3 rings (SSSR count). The first-order valence-electron chi connectivity index (χ1n) is 6.18. The highest BCUT2D eigenvalue weighted by Crippen LogP contribution is 2.28. The zero-order chi connectivity index (χ0) is 14.8. The first-order valence-corrected chi connectivity index (χ1v) is 6.18. The van der Waals surface area contributed by atoms with Crippen LogP contribution < -0.4 is 10.4 Å². The number of amides is 1. The molecular weight excluding hydrogens is 272 g/mol. The summed E-state index contributed by atoms with van der Waals surface area (Å²) < 4.78 is 5.10. The summed E-state index contributed by atoms with van der Waals surface area (Å²) in [6, 6.07) is 8.28. The number of pyridine rings is 1. The van der Waals surface area contributed by atoms with Crippen molar-refractivity contribution in [2.24, 2.45) is 0 Å². The van der Waals surface area contributed by atoms with Crippen molar-refractivity contribution in [3.8, 4) is 0 Å². The molecule has 0 saturated heterocycles. The Bertz CT molecular complexity index is 800. The van der Waals surface area contributed by atoms with Crippen molar-refractivity contribution in [2.45, 2.75) is 6.92 Å². The maximum Gasteiger partial charge on any atom is 0.229 e. The van der Waals surface area contributed by atoms with Gasteiger partial charge in [0.1, 0.15) is 5.82 Å². The fourth-order valence-corrected chi connectivity index (χ4v) is 2.07. The van der Waals surface area contributed by atoms with Gasteiger partial charge >= 0.3 is 0 Å². The van der Waals surface area contributed by atoms with Crippen molar-refractivity contribution >= 4 is 34.1 Å². The number of aromatic nitrogens is 2. The van der Waals surface area contributed by atoms with Gasteiger partial charge in [0.25, 0.3) is 0 Å². The van der Waals surface area contributed by atoms with E-state index in [9.17, 15) is 10.0 Å². The summed E-state index contributed by atoms with van der Waals surface area (Å²) in [5.74, 6) is 0.117. The molecule has 2 heterocycles. The Morgan fingerprint density at radius 2 is 2.19 bits per heavy atom. The van der Waals surface area contributed by atoms with Crippen LogP contribution in [0.15, 0.2) is 47.2 Å². The Labute approximate surface area is 119 Å². The molecule has 0 radical (unpaired) electrons. The predicted molar refractivity (Wildman–Crippen MR) is 78.1 cm³/mol. The van der Waals surface area contributed by atoms with Gasteiger partial charge in [0, 0.05) is 36.3 Å². The van der Waals surface area contributed by atoms with Crippen molar-refractivity contribution in [1.82, 2.24) is 10.1 Å². The van der Waals surface area contributed by atoms with Gasteiger partial charge in [-0.25, -0.2) is 4.98 Å². The standard InChI is InChI=1S/C14H11N4O3/c1-9(19)18(14-6-11(17-20)4-5-15-14)12-3-2-10-8-16-21-13(10)7-12/h2-8H,1H3,(H-,15,17,20)/q-1. The van der Waals surface area contributed by atoms with E-state index in [1.165, 1.54) is 30.2 Å². The first-order chi connectivity index (χ1) is 10.2. The second kappa shape index (κ2) is 5.22. The fraction of sp³-hybridized carbons (Fsp3) is 0.0714. The zero-order valence-electron chi connectivity index (χ0n) is 11.1. The molecule has 106 valence electrons. The summed E-state index contributed by atoms with van der Waals surface area (Å²) in [5.41, 5.74) is 3.26. The third kappa shape index (κ3) is 2.41. The van der Waals surface area contributed by atoms with Gasteiger partial charge in [0.15, 0.2) is 5.58 Å². The topological polar surface area (TPSA) is 94.3 Å². The van der Waals surface area contributed by atoms with Gasteiger partial charge in [0.05, 0.1) is 11.9 Å². The largest absolute Gasteiger partial charge is 0.761 e. The Hall–Kier alpha value is -2.93. The van der Waals surface area contributed by atoms with Crippen LogP contribution in [0.1, 0.15) is 6.92 Å². The van der Waals surface area contributed by atoms with Crippen LogP contribution in [0.25, 0.3) is 11.0 Å². The lowest BCUT2D eigenvalue weighted by molar-refractivity contribution is -0.115. The van der Waals surface area contributed by atoms with Crippen LogP contribution in [0.5, 0.6) is 0 Å². The van der Waals surface area contributed by atoms with Crippen molar-refractivity contribution in [3.63, 3.8) is 0 Å². The van der Waals surface area contributed by atoms with Gasteiger partial charge in [-0.3, -0.25) is 9.69 Å². The van der Waals surface area contributed by atoms with E-state index in [4.69, 9.17) is 4.52 Å². The average molecular weight is 283 g/mol. The van der Waals surface area contributed by atoms with E-state index in [-0.39, 0.29) is 5.91 Å². The third-order valence-electron chi connectivity index (χ3n) is 3.01. The number of carbonyl (C=O) groups excluding carboxylic acids is 1. The van der Waals surface area contributed by atoms with Crippen LogP contribution >= 0.6 is 0 Å². The van der Waals surface area contributed by atoms with E-state index in [0.29, 0.717) is 22.8 Å². The fourth-order valence-electron chi connectivity index (χ4n) is 2.07. The summed E-state index contributed by atoms with van der Waals surface area (Å²) in [4.78, 5) is 17.5. The van der Waals surface area contributed by atoms with Crippen molar-refractivity contribution in [2.75, 3.05) is 10.4 Å². The SMILES string of the molecule is CC(=O)N(c1ccc2cnoc2c1)c1cc(N[O-])ccn1. The molecule has 1 amide bonds. The predicted octanol–water partition coefficient (Wildman–Crippen LogP) is 2.82. The molecule has 1 aromatic carbocycles. The Morgan fingerprint density at radius 1 is 1.33 bits per heavy atom. The molecule has 7 nitrogen and oxygen atoms in total. The van der Waals surface area contributed by atoms with Crippen LogP contribution in [0, 0.1) is 5.21 Å². The highest BCUT2D eigenvalue weighted by molar-refractivity contribution is 6.00. The molecule has 21 heavy (non-hydrogen) atoms. The van der Waals surface area contributed by atoms with E-state index in [1.54, 1.807) is 29.9 Å². The van der Waals surface area contributed by atoms with Crippen LogP contribution in [0.4, 0.5) is 17.2 Å². The molecule has 0 aliphatic rings. The normalized spacial score (nSPS) is 10.6.